The lowest BCUT2D eigenvalue weighted by Gasteiger charge is -2.17. The first-order valence-corrected chi connectivity index (χ1v) is 10.1. The molecule has 2 rings (SSSR count). The highest BCUT2D eigenvalue weighted by Gasteiger charge is 2.31. The number of nitrogens with one attached hydrogen (secondary N) is 1. The predicted octanol–water partition coefficient (Wildman–Crippen LogP) is 1.35. The van der Waals surface area contributed by atoms with E-state index in [9.17, 15) is 13.2 Å². The molecule has 0 aliphatic carbocycles. The predicted molar refractivity (Wildman–Crippen MR) is 93.9 cm³/mol. The van der Waals surface area contributed by atoms with Gasteiger partial charge in [-0.3, -0.25) is 0 Å². The van der Waals surface area contributed by atoms with Gasteiger partial charge in [0, 0.05) is 19.0 Å². The Morgan fingerprint density at radius 1 is 1.44 bits per heavy atom. The maximum atomic E-state index is 12.6. The summed E-state index contributed by atoms with van der Waals surface area (Å²) in [6.07, 6.45) is 2.16. The van der Waals surface area contributed by atoms with Gasteiger partial charge in [-0.2, -0.15) is 0 Å². The molecule has 1 aromatic carbocycles. The highest BCUT2D eigenvalue weighted by molar-refractivity contribution is 7.89. The lowest BCUT2D eigenvalue weighted by Crippen LogP contribution is -2.40. The molecule has 8 heteroatoms. The number of fused-ring (bicyclic) bond motifs is 1. The molecule has 7 nitrogen and oxygen atoms in total. The van der Waals surface area contributed by atoms with Crippen LogP contribution in [-0.2, 0) is 26.0 Å². The highest BCUT2D eigenvalue weighted by atomic mass is 32.2. The molecule has 0 aromatic heterocycles. The van der Waals surface area contributed by atoms with E-state index in [1.807, 2.05) is 6.92 Å². The zero-order chi connectivity index (χ0) is 18.4. The molecule has 140 valence electrons. The van der Waals surface area contributed by atoms with Gasteiger partial charge in [0.2, 0.25) is 10.0 Å². The van der Waals surface area contributed by atoms with Crippen LogP contribution in [0, 0.1) is 0 Å². The van der Waals surface area contributed by atoms with E-state index < -0.39 is 22.1 Å². The third-order valence-electron chi connectivity index (χ3n) is 4.08. The molecule has 0 saturated carbocycles. The number of sulfonamides is 1. The first kappa shape index (κ1) is 19.7. The van der Waals surface area contributed by atoms with Gasteiger partial charge >= 0.3 is 5.97 Å². The van der Waals surface area contributed by atoms with Crippen molar-refractivity contribution in [2.45, 2.75) is 56.6 Å². The SMILES string of the molecule is CCCCC(CN)NS(=O)(=O)c1ccc2c(c1)CC(C(=O)OCC)O2. The normalized spacial score (nSPS) is 17.6. The van der Waals surface area contributed by atoms with Crippen LogP contribution in [0.3, 0.4) is 0 Å². The largest absolute Gasteiger partial charge is 0.478 e. The van der Waals surface area contributed by atoms with Crippen molar-refractivity contribution in [3.8, 4) is 5.75 Å². The van der Waals surface area contributed by atoms with Crippen LogP contribution >= 0.6 is 0 Å². The fourth-order valence-corrected chi connectivity index (χ4v) is 4.06. The summed E-state index contributed by atoms with van der Waals surface area (Å²) in [5, 5.41) is 0. The van der Waals surface area contributed by atoms with E-state index in [-0.39, 0.29) is 24.1 Å². The number of benzene rings is 1. The van der Waals surface area contributed by atoms with E-state index >= 15 is 0 Å². The third kappa shape index (κ3) is 4.93. The fraction of sp³-hybridized carbons (Fsp3) is 0.588. The zero-order valence-corrected chi connectivity index (χ0v) is 15.5. The van der Waals surface area contributed by atoms with E-state index in [4.69, 9.17) is 15.2 Å². The molecule has 0 saturated heterocycles. The van der Waals surface area contributed by atoms with Crippen LogP contribution in [0.15, 0.2) is 23.1 Å². The number of ether oxygens (including phenoxy) is 2. The molecule has 1 aromatic rings. The number of esters is 1. The number of hydrogen-bond donors (Lipinski definition) is 2. The minimum atomic E-state index is -3.67. The van der Waals surface area contributed by atoms with Crippen LogP contribution in [0.2, 0.25) is 0 Å². The Kier molecular flexibility index (Phi) is 6.80. The molecular weight excluding hydrogens is 344 g/mol. The second-order valence-corrected chi connectivity index (χ2v) is 7.74. The highest BCUT2D eigenvalue weighted by Crippen LogP contribution is 2.31. The quantitative estimate of drug-likeness (QED) is 0.635. The van der Waals surface area contributed by atoms with Gasteiger partial charge < -0.3 is 15.2 Å². The summed E-state index contributed by atoms with van der Waals surface area (Å²) < 4.78 is 38.3. The first-order valence-electron chi connectivity index (χ1n) is 8.59. The van der Waals surface area contributed by atoms with Crippen molar-refractivity contribution in [2.75, 3.05) is 13.2 Å². The van der Waals surface area contributed by atoms with Gasteiger partial charge in [-0.25, -0.2) is 17.9 Å². The number of nitrogens with two attached hydrogens (primary N) is 1. The molecule has 1 heterocycles. The van der Waals surface area contributed by atoms with Gasteiger partial charge in [-0.1, -0.05) is 19.8 Å². The van der Waals surface area contributed by atoms with Gasteiger partial charge in [0.1, 0.15) is 5.75 Å². The van der Waals surface area contributed by atoms with Gasteiger partial charge in [0.05, 0.1) is 11.5 Å². The van der Waals surface area contributed by atoms with E-state index in [0.717, 1.165) is 12.8 Å². The Balaban J connectivity index is 2.12. The number of unbranched alkanes of at least 4 members (excludes halogenated alkanes) is 1. The average molecular weight is 370 g/mol. The van der Waals surface area contributed by atoms with Gasteiger partial charge in [-0.05, 0) is 37.1 Å². The van der Waals surface area contributed by atoms with Crippen molar-refractivity contribution in [1.82, 2.24) is 4.72 Å². The van der Waals surface area contributed by atoms with Crippen molar-refractivity contribution in [3.05, 3.63) is 23.8 Å². The second-order valence-electron chi connectivity index (χ2n) is 6.03. The lowest BCUT2D eigenvalue weighted by atomic mass is 10.1. The smallest absolute Gasteiger partial charge is 0.347 e. The molecule has 25 heavy (non-hydrogen) atoms. The van der Waals surface area contributed by atoms with Crippen LogP contribution < -0.4 is 15.2 Å². The summed E-state index contributed by atoms with van der Waals surface area (Å²) >= 11 is 0. The van der Waals surface area contributed by atoms with Crippen molar-refractivity contribution in [3.63, 3.8) is 0 Å². The molecule has 0 spiro atoms. The molecular formula is C17H26N2O5S. The van der Waals surface area contributed by atoms with Gasteiger partial charge in [0.25, 0.3) is 0 Å². The standard InChI is InChI=1S/C17H26N2O5S/c1-3-5-6-13(11-18)19-25(21,22)14-7-8-15-12(9-14)10-16(24-15)17(20)23-4-2/h7-9,13,16,19H,3-6,10-11,18H2,1-2H3. The number of hydrogen-bond acceptors (Lipinski definition) is 6. The van der Waals surface area contributed by atoms with Crippen LogP contribution in [0.5, 0.6) is 5.75 Å². The van der Waals surface area contributed by atoms with Crippen molar-refractivity contribution in [1.29, 1.82) is 0 Å². The molecule has 0 radical (unpaired) electrons. The molecule has 3 N–H and O–H groups in total. The molecule has 0 bridgehead atoms. The van der Waals surface area contributed by atoms with Crippen LogP contribution in [-0.4, -0.2) is 39.7 Å². The zero-order valence-electron chi connectivity index (χ0n) is 14.7. The Morgan fingerprint density at radius 2 is 2.20 bits per heavy atom. The minimum Gasteiger partial charge on any atom is -0.478 e. The minimum absolute atomic E-state index is 0.148. The van der Waals surface area contributed by atoms with Crippen LogP contribution in [0.25, 0.3) is 0 Å². The summed E-state index contributed by atoms with van der Waals surface area (Å²) in [6, 6.07) is 4.31. The maximum absolute atomic E-state index is 12.6. The Bertz CT molecular complexity index is 705. The first-order chi connectivity index (χ1) is 11.9. The molecule has 2 unspecified atom stereocenters. The Morgan fingerprint density at radius 3 is 2.84 bits per heavy atom. The van der Waals surface area contributed by atoms with E-state index in [2.05, 4.69) is 4.72 Å². The topological polar surface area (TPSA) is 108 Å². The summed E-state index contributed by atoms with van der Waals surface area (Å²) in [6.45, 7) is 4.29. The van der Waals surface area contributed by atoms with E-state index in [0.29, 0.717) is 24.2 Å². The Labute approximate surface area is 148 Å². The van der Waals surface area contributed by atoms with Crippen molar-refractivity contribution >= 4 is 16.0 Å². The summed E-state index contributed by atoms with van der Waals surface area (Å²) in [5.41, 5.74) is 6.35. The fourth-order valence-electron chi connectivity index (χ4n) is 2.72. The second kappa shape index (κ2) is 8.64. The van der Waals surface area contributed by atoms with Crippen LogP contribution in [0.1, 0.15) is 38.7 Å². The number of carbonyl (C=O) groups is 1. The molecule has 1 aliphatic rings. The van der Waals surface area contributed by atoms with Gasteiger partial charge in [-0.15, -0.1) is 0 Å². The summed E-state index contributed by atoms with van der Waals surface area (Å²) in [4.78, 5) is 11.9. The third-order valence-corrected chi connectivity index (χ3v) is 5.60. The van der Waals surface area contributed by atoms with E-state index in [1.54, 1.807) is 19.1 Å². The van der Waals surface area contributed by atoms with Crippen LogP contribution in [0.4, 0.5) is 0 Å². The summed E-state index contributed by atoms with van der Waals surface area (Å²) in [7, 11) is -3.67. The number of rotatable bonds is 9. The average Bonchev–Trinajstić information content (AvgIpc) is 3.02. The number of carbonyl (C=O) groups excluding carboxylic acids is 1. The van der Waals surface area contributed by atoms with E-state index in [1.165, 1.54) is 6.07 Å². The van der Waals surface area contributed by atoms with Gasteiger partial charge in [0.15, 0.2) is 6.10 Å². The Hall–Kier alpha value is -1.64. The molecule has 1 aliphatic heterocycles. The molecule has 2 atom stereocenters. The summed E-state index contributed by atoms with van der Waals surface area (Å²) in [5.74, 6) is 0.0716. The molecule has 0 amide bonds. The molecule has 0 fully saturated rings. The monoisotopic (exact) mass is 370 g/mol. The maximum Gasteiger partial charge on any atom is 0.347 e. The lowest BCUT2D eigenvalue weighted by molar-refractivity contribution is -0.150. The van der Waals surface area contributed by atoms with Crippen molar-refractivity contribution in [2.24, 2.45) is 5.73 Å². The van der Waals surface area contributed by atoms with Crippen molar-refractivity contribution < 1.29 is 22.7 Å².